The summed E-state index contributed by atoms with van der Waals surface area (Å²) >= 11 is 0. The van der Waals surface area contributed by atoms with Crippen LogP contribution in [0.4, 0.5) is 11.5 Å². The highest BCUT2D eigenvalue weighted by molar-refractivity contribution is 5.93. The van der Waals surface area contributed by atoms with Crippen LogP contribution in [0.15, 0.2) is 54.6 Å². The molecule has 0 fully saturated rings. The van der Waals surface area contributed by atoms with E-state index in [0.29, 0.717) is 23.9 Å². The van der Waals surface area contributed by atoms with E-state index in [2.05, 4.69) is 39.7 Å². The topological polar surface area (TPSA) is 66.9 Å². The van der Waals surface area contributed by atoms with E-state index in [1.165, 1.54) is 11.1 Å². The van der Waals surface area contributed by atoms with Gasteiger partial charge in [0.05, 0.1) is 0 Å². The van der Waals surface area contributed by atoms with Crippen LogP contribution in [-0.4, -0.2) is 15.9 Å². The molecule has 0 atom stereocenters. The number of hydrogen-bond acceptors (Lipinski definition) is 4. The molecule has 2 aromatic carbocycles. The summed E-state index contributed by atoms with van der Waals surface area (Å²) in [5, 5.41) is 6.15. The van der Waals surface area contributed by atoms with Crippen molar-refractivity contribution in [1.82, 2.24) is 15.3 Å². The summed E-state index contributed by atoms with van der Waals surface area (Å²) in [4.78, 5) is 21.1. The molecule has 0 aliphatic carbocycles. The summed E-state index contributed by atoms with van der Waals surface area (Å²) < 4.78 is 0. The van der Waals surface area contributed by atoms with Gasteiger partial charge >= 0.3 is 0 Å². The molecule has 0 unspecified atom stereocenters. The Morgan fingerprint density at radius 1 is 0.926 bits per heavy atom. The average molecular weight is 360 g/mol. The predicted octanol–water partition coefficient (Wildman–Crippen LogP) is 4.33. The molecule has 1 heterocycles. The van der Waals surface area contributed by atoms with E-state index in [9.17, 15) is 4.79 Å². The van der Waals surface area contributed by atoms with Gasteiger partial charge in [-0.3, -0.25) is 4.79 Å². The first-order chi connectivity index (χ1) is 13.0. The zero-order valence-corrected chi connectivity index (χ0v) is 15.9. The molecule has 0 aliphatic rings. The predicted molar refractivity (Wildman–Crippen MR) is 108 cm³/mol. The van der Waals surface area contributed by atoms with Gasteiger partial charge in [0.1, 0.15) is 17.3 Å². The molecule has 0 saturated heterocycles. The first kappa shape index (κ1) is 18.6. The number of amides is 1. The van der Waals surface area contributed by atoms with E-state index in [-0.39, 0.29) is 5.91 Å². The van der Waals surface area contributed by atoms with Gasteiger partial charge in [0.25, 0.3) is 5.91 Å². The largest absolute Gasteiger partial charge is 0.347 e. The fourth-order valence-electron chi connectivity index (χ4n) is 2.70. The molecule has 1 amide bonds. The van der Waals surface area contributed by atoms with Gasteiger partial charge in [-0.1, -0.05) is 48.9 Å². The second kappa shape index (κ2) is 8.45. The van der Waals surface area contributed by atoms with Crippen molar-refractivity contribution < 1.29 is 4.79 Å². The summed E-state index contributed by atoms with van der Waals surface area (Å²) in [5.41, 5.74) is 4.79. The molecule has 0 aliphatic heterocycles. The van der Waals surface area contributed by atoms with Crippen LogP contribution in [0.2, 0.25) is 0 Å². The lowest BCUT2D eigenvalue weighted by Gasteiger charge is -2.10. The number of nitrogens with zero attached hydrogens (tertiary/aromatic N) is 2. The molecule has 5 heteroatoms. The Kier molecular flexibility index (Phi) is 5.81. The normalized spacial score (nSPS) is 10.5. The summed E-state index contributed by atoms with van der Waals surface area (Å²) in [7, 11) is 0. The van der Waals surface area contributed by atoms with Gasteiger partial charge in [0, 0.05) is 18.3 Å². The van der Waals surface area contributed by atoms with Gasteiger partial charge in [-0.05, 0) is 43.5 Å². The van der Waals surface area contributed by atoms with E-state index in [4.69, 9.17) is 0 Å². The maximum atomic E-state index is 12.5. The number of aromatic nitrogens is 2. The highest BCUT2D eigenvalue weighted by Gasteiger charge is 2.10. The molecule has 1 aromatic heterocycles. The van der Waals surface area contributed by atoms with Crippen molar-refractivity contribution in [3.63, 3.8) is 0 Å². The van der Waals surface area contributed by atoms with E-state index >= 15 is 0 Å². The van der Waals surface area contributed by atoms with Crippen molar-refractivity contribution >= 4 is 17.4 Å². The van der Waals surface area contributed by atoms with E-state index in [1.807, 2.05) is 43.3 Å². The third-order valence-electron chi connectivity index (χ3n) is 4.28. The molecule has 0 radical (unpaired) electrons. The number of aryl methyl sites for hydroxylation is 3. The fraction of sp³-hybridized carbons (Fsp3) is 0.227. The molecule has 3 rings (SSSR count). The first-order valence-corrected chi connectivity index (χ1v) is 9.09. The minimum absolute atomic E-state index is 0.217. The summed E-state index contributed by atoms with van der Waals surface area (Å²) in [6.45, 7) is 6.40. The quantitative estimate of drug-likeness (QED) is 0.687. The minimum Gasteiger partial charge on any atom is -0.347 e. The summed E-state index contributed by atoms with van der Waals surface area (Å²) in [5.74, 6) is 0.934. The van der Waals surface area contributed by atoms with Crippen molar-refractivity contribution in [1.29, 1.82) is 0 Å². The second-order valence-electron chi connectivity index (χ2n) is 6.53. The van der Waals surface area contributed by atoms with Crippen molar-refractivity contribution in [3.05, 3.63) is 82.8 Å². The van der Waals surface area contributed by atoms with Crippen LogP contribution in [-0.2, 0) is 13.0 Å². The Morgan fingerprint density at radius 2 is 1.59 bits per heavy atom. The highest BCUT2D eigenvalue weighted by Crippen LogP contribution is 2.17. The van der Waals surface area contributed by atoms with Crippen LogP contribution in [0.5, 0.6) is 0 Å². The Balaban J connectivity index is 1.69. The Morgan fingerprint density at radius 3 is 2.26 bits per heavy atom. The number of carbonyl (C=O) groups excluding carboxylic acids is 1. The summed E-state index contributed by atoms with van der Waals surface area (Å²) in [6, 6.07) is 17.9. The average Bonchev–Trinajstić information content (AvgIpc) is 2.67. The van der Waals surface area contributed by atoms with Crippen LogP contribution in [0.25, 0.3) is 0 Å². The van der Waals surface area contributed by atoms with E-state index in [0.717, 1.165) is 17.7 Å². The van der Waals surface area contributed by atoms with Crippen molar-refractivity contribution in [2.45, 2.75) is 33.7 Å². The SMILES string of the molecule is CCc1ccc(Nc2cc(C(=O)NCc3ccc(C)cc3)nc(C)n2)cc1. The van der Waals surface area contributed by atoms with Gasteiger partial charge < -0.3 is 10.6 Å². The lowest BCUT2D eigenvalue weighted by atomic mass is 10.1. The molecule has 0 bridgehead atoms. The Bertz CT molecular complexity index is 918. The molecular weight excluding hydrogens is 336 g/mol. The second-order valence-corrected chi connectivity index (χ2v) is 6.53. The van der Waals surface area contributed by atoms with Crippen LogP contribution in [0.3, 0.4) is 0 Å². The van der Waals surface area contributed by atoms with Crippen LogP contribution in [0, 0.1) is 13.8 Å². The lowest BCUT2D eigenvalue weighted by Crippen LogP contribution is -2.24. The first-order valence-electron chi connectivity index (χ1n) is 9.09. The van der Waals surface area contributed by atoms with Crippen molar-refractivity contribution in [2.24, 2.45) is 0 Å². The van der Waals surface area contributed by atoms with E-state index < -0.39 is 0 Å². The minimum atomic E-state index is -0.217. The smallest absolute Gasteiger partial charge is 0.270 e. The monoisotopic (exact) mass is 360 g/mol. The third-order valence-corrected chi connectivity index (χ3v) is 4.28. The van der Waals surface area contributed by atoms with Crippen molar-refractivity contribution in [3.8, 4) is 0 Å². The number of carbonyl (C=O) groups is 1. The van der Waals surface area contributed by atoms with Crippen molar-refractivity contribution in [2.75, 3.05) is 5.32 Å². The number of hydrogen-bond donors (Lipinski definition) is 2. The van der Waals surface area contributed by atoms with Gasteiger partial charge in [0.15, 0.2) is 0 Å². The van der Waals surface area contributed by atoms with Gasteiger partial charge in [-0.2, -0.15) is 0 Å². The third kappa shape index (κ3) is 5.14. The molecule has 5 nitrogen and oxygen atoms in total. The lowest BCUT2D eigenvalue weighted by molar-refractivity contribution is 0.0945. The molecule has 0 spiro atoms. The highest BCUT2D eigenvalue weighted by atomic mass is 16.1. The number of nitrogens with one attached hydrogen (secondary N) is 2. The zero-order chi connectivity index (χ0) is 19.2. The summed E-state index contributed by atoms with van der Waals surface area (Å²) in [6.07, 6.45) is 0.998. The Hall–Kier alpha value is -3.21. The molecule has 2 N–H and O–H groups in total. The molecular formula is C22H24N4O. The van der Waals surface area contributed by atoms with Crippen LogP contribution >= 0.6 is 0 Å². The zero-order valence-electron chi connectivity index (χ0n) is 15.9. The molecule has 27 heavy (non-hydrogen) atoms. The van der Waals surface area contributed by atoms with Gasteiger partial charge in [0.2, 0.25) is 0 Å². The standard InChI is InChI=1S/C22H24N4O/c1-4-17-9-11-19(12-10-17)26-21-13-20(24-16(3)25-21)22(27)23-14-18-7-5-15(2)6-8-18/h5-13H,4,14H2,1-3H3,(H,23,27)(H,24,25,26). The number of benzene rings is 2. The maximum absolute atomic E-state index is 12.5. The number of anilines is 2. The van der Waals surface area contributed by atoms with E-state index in [1.54, 1.807) is 13.0 Å². The fourth-order valence-corrected chi connectivity index (χ4v) is 2.70. The Labute approximate surface area is 159 Å². The van der Waals surface area contributed by atoms with Crippen LogP contribution in [0.1, 0.15) is 39.9 Å². The molecule has 0 saturated carbocycles. The molecule has 138 valence electrons. The number of rotatable bonds is 6. The van der Waals surface area contributed by atoms with Crippen LogP contribution < -0.4 is 10.6 Å². The van der Waals surface area contributed by atoms with Gasteiger partial charge in [-0.25, -0.2) is 9.97 Å². The maximum Gasteiger partial charge on any atom is 0.270 e. The molecule has 3 aromatic rings. The van der Waals surface area contributed by atoms with Gasteiger partial charge in [-0.15, -0.1) is 0 Å².